The highest BCUT2D eigenvalue weighted by atomic mass is 19.1. The van der Waals surface area contributed by atoms with Gasteiger partial charge in [0.1, 0.15) is 17.1 Å². The summed E-state index contributed by atoms with van der Waals surface area (Å²) in [6.45, 7) is -0.0757. The fourth-order valence-electron chi connectivity index (χ4n) is 2.51. The van der Waals surface area contributed by atoms with Crippen molar-refractivity contribution in [2.45, 2.75) is 6.54 Å². The zero-order chi connectivity index (χ0) is 18.7. The molecule has 4 amide bonds. The molecule has 0 radical (unpaired) electrons. The first-order valence-corrected chi connectivity index (χ1v) is 7.75. The lowest BCUT2D eigenvalue weighted by molar-refractivity contribution is -0.130. The van der Waals surface area contributed by atoms with Crippen molar-refractivity contribution in [1.82, 2.24) is 10.2 Å². The predicted octanol–water partition coefficient (Wildman–Crippen LogP) is 2.50. The molecule has 1 fully saturated rings. The Morgan fingerprint density at radius 1 is 1.12 bits per heavy atom. The van der Waals surface area contributed by atoms with E-state index in [1.807, 2.05) is 0 Å². The number of ether oxygens (including phenoxy) is 1. The van der Waals surface area contributed by atoms with Crippen molar-refractivity contribution in [2.75, 3.05) is 7.11 Å². The van der Waals surface area contributed by atoms with Crippen molar-refractivity contribution in [3.63, 3.8) is 0 Å². The molecule has 132 valence electrons. The van der Waals surface area contributed by atoms with Crippen molar-refractivity contribution in [3.8, 4) is 5.75 Å². The van der Waals surface area contributed by atoms with Crippen LogP contribution in [-0.2, 0) is 16.1 Å². The number of rotatable bonds is 4. The molecule has 0 aromatic heterocycles. The summed E-state index contributed by atoms with van der Waals surface area (Å²) in [5, 5.41) is 2.14. The van der Waals surface area contributed by atoms with Crippen molar-refractivity contribution < 1.29 is 23.5 Å². The maximum Gasteiger partial charge on any atom is 0.331 e. The molecule has 0 unspecified atom stereocenters. The number of barbiturate groups is 1. The molecule has 6 nitrogen and oxygen atoms in total. The van der Waals surface area contributed by atoms with Crippen LogP contribution in [0.15, 0.2) is 54.1 Å². The lowest BCUT2D eigenvalue weighted by Crippen LogP contribution is -2.53. The average molecular weight is 354 g/mol. The number of hydrogen-bond donors (Lipinski definition) is 1. The smallest absolute Gasteiger partial charge is 0.331 e. The summed E-state index contributed by atoms with van der Waals surface area (Å²) in [5.74, 6) is -1.33. The molecule has 1 saturated heterocycles. The van der Waals surface area contributed by atoms with Crippen molar-refractivity contribution in [2.24, 2.45) is 0 Å². The van der Waals surface area contributed by atoms with Crippen LogP contribution in [0.5, 0.6) is 5.75 Å². The standard InChI is InChI=1S/C19H15FN2O4/c1-26-15-4-2-3-13(9-15)10-16-17(23)21-19(25)22(18(16)24)11-12-5-7-14(20)8-6-12/h2-10H,11H2,1H3,(H,21,23,25). The molecule has 0 atom stereocenters. The average Bonchev–Trinajstić information content (AvgIpc) is 2.64. The molecule has 7 heteroatoms. The van der Waals surface area contributed by atoms with Crippen LogP contribution >= 0.6 is 0 Å². The lowest BCUT2D eigenvalue weighted by Gasteiger charge is -2.26. The maximum atomic E-state index is 13.0. The first-order chi connectivity index (χ1) is 12.5. The molecular weight excluding hydrogens is 339 g/mol. The third kappa shape index (κ3) is 3.61. The molecule has 2 aromatic rings. The van der Waals surface area contributed by atoms with Gasteiger partial charge in [-0.3, -0.25) is 19.8 Å². The highest BCUT2D eigenvalue weighted by Crippen LogP contribution is 2.19. The maximum absolute atomic E-state index is 13.0. The van der Waals surface area contributed by atoms with E-state index in [1.165, 1.54) is 37.5 Å². The number of nitrogens with zero attached hydrogens (tertiary/aromatic N) is 1. The number of benzene rings is 2. The van der Waals surface area contributed by atoms with Crippen molar-refractivity contribution >= 4 is 23.9 Å². The van der Waals surface area contributed by atoms with Gasteiger partial charge in [0, 0.05) is 0 Å². The van der Waals surface area contributed by atoms with Gasteiger partial charge in [0.25, 0.3) is 11.8 Å². The van der Waals surface area contributed by atoms with Gasteiger partial charge < -0.3 is 4.74 Å². The van der Waals surface area contributed by atoms with E-state index in [2.05, 4.69) is 5.32 Å². The van der Waals surface area contributed by atoms with Crippen LogP contribution in [0.4, 0.5) is 9.18 Å². The van der Waals surface area contributed by atoms with Crippen LogP contribution in [-0.4, -0.2) is 29.9 Å². The van der Waals surface area contributed by atoms with Crippen molar-refractivity contribution in [1.29, 1.82) is 0 Å². The Labute approximate surface area is 148 Å². The van der Waals surface area contributed by atoms with Gasteiger partial charge in [-0.05, 0) is 41.5 Å². The van der Waals surface area contributed by atoms with Gasteiger partial charge in [0.15, 0.2) is 0 Å². The second-order valence-electron chi connectivity index (χ2n) is 5.61. The Bertz CT molecular complexity index is 906. The van der Waals surface area contributed by atoms with Crippen LogP contribution < -0.4 is 10.1 Å². The summed E-state index contributed by atoms with van der Waals surface area (Å²) in [4.78, 5) is 37.7. The first kappa shape index (κ1) is 17.3. The summed E-state index contributed by atoms with van der Waals surface area (Å²) < 4.78 is 18.1. The molecule has 1 N–H and O–H groups in total. The van der Waals surface area contributed by atoms with E-state index in [-0.39, 0.29) is 12.1 Å². The fourth-order valence-corrected chi connectivity index (χ4v) is 2.51. The fraction of sp³-hybridized carbons (Fsp3) is 0.105. The normalized spacial score (nSPS) is 16.0. The van der Waals surface area contributed by atoms with Gasteiger partial charge in [0.05, 0.1) is 13.7 Å². The molecule has 3 rings (SSSR count). The Morgan fingerprint density at radius 2 is 1.85 bits per heavy atom. The minimum absolute atomic E-state index is 0.0757. The topological polar surface area (TPSA) is 75.7 Å². The number of carbonyl (C=O) groups is 3. The number of amides is 4. The van der Waals surface area contributed by atoms with Crippen LogP contribution in [0, 0.1) is 5.82 Å². The zero-order valence-electron chi connectivity index (χ0n) is 13.9. The number of halogens is 1. The lowest BCUT2D eigenvalue weighted by atomic mass is 10.1. The Morgan fingerprint density at radius 3 is 2.54 bits per heavy atom. The predicted molar refractivity (Wildman–Crippen MR) is 91.5 cm³/mol. The zero-order valence-corrected chi connectivity index (χ0v) is 13.9. The summed E-state index contributed by atoms with van der Waals surface area (Å²) in [6, 6.07) is 11.4. The molecule has 0 saturated carbocycles. The second kappa shape index (κ2) is 7.18. The van der Waals surface area contributed by atoms with E-state index >= 15 is 0 Å². The molecule has 2 aromatic carbocycles. The SMILES string of the molecule is COc1cccc(C=C2C(=O)NC(=O)N(Cc3ccc(F)cc3)C2=O)c1. The number of imide groups is 2. The van der Waals surface area contributed by atoms with Crippen LogP contribution in [0.1, 0.15) is 11.1 Å². The molecule has 0 spiro atoms. The number of hydrogen-bond acceptors (Lipinski definition) is 4. The number of carbonyl (C=O) groups excluding carboxylic acids is 3. The van der Waals surface area contributed by atoms with Gasteiger partial charge in [-0.15, -0.1) is 0 Å². The van der Waals surface area contributed by atoms with E-state index < -0.39 is 23.7 Å². The van der Waals surface area contributed by atoms with Gasteiger partial charge in [-0.25, -0.2) is 9.18 Å². The van der Waals surface area contributed by atoms with E-state index in [0.29, 0.717) is 16.9 Å². The minimum atomic E-state index is -0.813. The van der Waals surface area contributed by atoms with Crippen molar-refractivity contribution in [3.05, 3.63) is 71.0 Å². The van der Waals surface area contributed by atoms with Gasteiger partial charge in [-0.2, -0.15) is 0 Å². The number of urea groups is 1. The third-order valence-corrected chi connectivity index (χ3v) is 3.84. The van der Waals surface area contributed by atoms with Crippen LogP contribution in [0.3, 0.4) is 0 Å². The van der Waals surface area contributed by atoms with E-state index in [0.717, 1.165) is 4.90 Å². The van der Waals surface area contributed by atoms with Crippen LogP contribution in [0.25, 0.3) is 6.08 Å². The quantitative estimate of drug-likeness (QED) is 0.676. The largest absolute Gasteiger partial charge is 0.497 e. The monoisotopic (exact) mass is 354 g/mol. The van der Waals surface area contributed by atoms with Gasteiger partial charge in [0.2, 0.25) is 0 Å². The van der Waals surface area contributed by atoms with E-state index in [9.17, 15) is 18.8 Å². The van der Waals surface area contributed by atoms with Gasteiger partial charge >= 0.3 is 6.03 Å². The van der Waals surface area contributed by atoms with E-state index in [1.54, 1.807) is 24.3 Å². The molecular formula is C19H15FN2O4. The molecule has 1 heterocycles. The summed E-state index contributed by atoms with van der Waals surface area (Å²) in [6.07, 6.45) is 1.39. The summed E-state index contributed by atoms with van der Waals surface area (Å²) in [5.41, 5.74) is 0.976. The second-order valence-corrected chi connectivity index (χ2v) is 5.61. The van der Waals surface area contributed by atoms with Gasteiger partial charge in [-0.1, -0.05) is 24.3 Å². The molecule has 1 aliphatic rings. The Balaban J connectivity index is 1.89. The first-order valence-electron chi connectivity index (χ1n) is 7.75. The number of nitrogens with one attached hydrogen (secondary N) is 1. The van der Waals surface area contributed by atoms with Crippen LogP contribution in [0.2, 0.25) is 0 Å². The Hall–Kier alpha value is -3.48. The number of methoxy groups -OCH3 is 1. The summed E-state index contributed by atoms with van der Waals surface area (Å²) in [7, 11) is 1.51. The highest BCUT2D eigenvalue weighted by Gasteiger charge is 2.35. The summed E-state index contributed by atoms with van der Waals surface area (Å²) >= 11 is 0. The molecule has 0 bridgehead atoms. The third-order valence-electron chi connectivity index (χ3n) is 3.84. The Kier molecular flexibility index (Phi) is 4.79. The molecule has 26 heavy (non-hydrogen) atoms. The highest BCUT2D eigenvalue weighted by molar-refractivity contribution is 6.30. The van der Waals surface area contributed by atoms with E-state index in [4.69, 9.17) is 4.74 Å². The molecule has 1 aliphatic heterocycles. The molecule has 0 aliphatic carbocycles. The minimum Gasteiger partial charge on any atom is -0.497 e.